The van der Waals surface area contributed by atoms with Crippen molar-refractivity contribution in [2.24, 2.45) is 7.05 Å². The van der Waals surface area contributed by atoms with Gasteiger partial charge in [0, 0.05) is 54.1 Å². The van der Waals surface area contributed by atoms with E-state index in [1.165, 1.54) is 0 Å². The molecule has 1 N–H and O–H groups in total. The number of fused-ring (bicyclic) bond motifs is 1. The number of aryl methyl sites for hydroxylation is 1. The molecular weight excluding hydrogens is 390 g/mol. The fraction of sp³-hybridized carbons (Fsp3) is 0.208. The molecule has 0 radical (unpaired) electrons. The van der Waals surface area contributed by atoms with Crippen molar-refractivity contribution in [1.82, 2.24) is 19.7 Å². The number of rotatable bonds is 5. The number of terminal acetylenes is 1. The predicted octanol–water partition coefficient (Wildman–Crippen LogP) is 3.92. The summed E-state index contributed by atoms with van der Waals surface area (Å²) in [6.07, 6.45) is 12.0. The van der Waals surface area contributed by atoms with Gasteiger partial charge >= 0.3 is 0 Å². The summed E-state index contributed by atoms with van der Waals surface area (Å²) in [5, 5.41) is 8.49. The summed E-state index contributed by atoms with van der Waals surface area (Å²) >= 11 is 0. The average molecular weight is 411 g/mol. The lowest BCUT2D eigenvalue weighted by Crippen LogP contribution is -2.15. The molecule has 1 fully saturated rings. The summed E-state index contributed by atoms with van der Waals surface area (Å²) in [6.45, 7) is 1.33. The van der Waals surface area contributed by atoms with Gasteiger partial charge in [0.25, 0.3) is 0 Å². The number of ether oxygens (including phenoxy) is 2. The molecular formula is C24H21N5O2. The van der Waals surface area contributed by atoms with Crippen LogP contribution >= 0.6 is 0 Å². The molecule has 1 unspecified atom stereocenters. The first-order chi connectivity index (χ1) is 15.2. The topological polar surface area (TPSA) is 74.1 Å². The molecule has 0 aliphatic carbocycles. The van der Waals surface area contributed by atoms with E-state index < -0.39 is 0 Å². The van der Waals surface area contributed by atoms with Crippen LogP contribution in [0.25, 0.3) is 22.0 Å². The van der Waals surface area contributed by atoms with Crippen LogP contribution in [0.4, 0.5) is 11.6 Å². The third kappa shape index (κ3) is 4.20. The molecule has 1 atom stereocenters. The molecule has 2 aromatic carbocycles. The van der Waals surface area contributed by atoms with Crippen molar-refractivity contribution in [1.29, 1.82) is 0 Å². The molecule has 31 heavy (non-hydrogen) atoms. The minimum Gasteiger partial charge on any atom is -0.488 e. The summed E-state index contributed by atoms with van der Waals surface area (Å²) in [7, 11) is 1.90. The zero-order valence-corrected chi connectivity index (χ0v) is 17.1. The van der Waals surface area contributed by atoms with Crippen molar-refractivity contribution in [3.05, 3.63) is 60.6 Å². The summed E-state index contributed by atoms with van der Waals surface area (Å²) in [4.78, 5) is 9.07. The first kappa shape index (κ1) is 19.1. The molecule has 2 aromatic heterocycles. The van der Waals surface area contributed by atoms with Gasteiger partial charge in [-0.1, -0.05) is 5.92 Å². The van der Waals surface area contributed by atoms with Gasteiger partial charge in [0.2, 0.25) is 5.95 Å². The van der Waals surface area contributed by atoms with Crippen LogP contribution in [0.3, 0.4) is 0 Å². The fourth-order valence-electron chi connectivity index (χ4n) is 3.59. The van der Waals surface area contributed by atoms with Crippen LogP contribution in [0.2, 0.25) is 0 Å². The second-order valence-electron chi connectivity index (χ2n) is 7.49. The van der Waals surface area contributed by atoms with Crippen molar-refractivity contribution in [2.75, 3.05) is 18.5 Å². The van der Waals surface area contributed by atoms with E-state index in [1.54, 1.807) is 10.9 Å². The highest BCUT2D eigenvalue weighted by Crippen LogP contribution is 2.31. The SMILES string of the molecule is C#Cc1ccc2nc(Nc3cc(OC4CCOC4)cc(-c4cnn(C)c4)c3)ncc2c1. The van der Waals surface area contributed by atoms with Crippen LogP contribution in [0.15, 0.2) is 55.0 Å². The third-order valence-electron chi connectivity index (χ3n) is 5.14. The maximum absolute atomic E-state index is 6.17. The molecule has 4 aromatic rings. The fourth-order valence-corrected chi connectivity index (χ4v) is 3.59. The largest absolute Gasteiger partial charge is 0.488 e. The van der Waals surface area contributed by atoms with Gasteiger partial charge in [-0.2, -0.15) is 5.10 Å². The number of hydrogen-bond acceptors (Lipinski definition) is 6. The summed E-state index contributed by atoms with van der Waals surface area (Å²) < 4.78 is 13.4. The minimum absolute atomic E-state index is 0.0549. The zero-order chi connectivity index (χ0) is 21.2. The molecule has 0 amide bonds. The molecule has 0 bridgehead atoms. The first-order valence-electron chi connectivity index (χ1n) is 10.1. The van der Waals surface area contributed by atoms with Crippen LogP contribution < -0.4 is 10.1 Å². The Morgan fingerprint density at radius 2 is 2.13 bits per heavy atom. The van der Waals surface area contributed by atoms with Gasteiger partial charge in [0.15, 0.2) is 0 Å². The third-order valence-corrected chi connectivity index (χ3v) is 5.14. The maximum atomic E-state index is 6.17. The van der Waals surface area contributed by atoms with Crippen molar-refractivity contribution in [3.63, 3.8) is 0 Å². The van der Waals surface area contributed by atoms with Gasteiger partial charge in [-0.25, -0.2) is 9.97 Å². The Kier molecular flexibility index (Phi) is 4.98. The van der Waals surface area contributed by atoms with E-state index in [-0.39, 0.29) is 6.10 Å². The highest BCUT2D eigenvalue weighted by Gasteiger charge is 2.18. The zero-order valence-electron chi connectivity index (χ0n) is 17.1. The van der Waals surface area contributed by atoms with E-state index >= 15 is 0 Å². The van der Waals surface area contributed by atoms with Gasteiger partial charge in [-0.05, 0) is 35.9 Å². The number of hydrogen-bond donors (Lipinski definition) is 1. The quantitative estimate of drug-likeness (QED) is 0.502. The van der Waals surface area contributed by atoms with Gasteiger partial charge in [0.1, 0.15) is 11.9 Å². The molecule has 1 saturated heterocycles. The van der Waals surface area contributed by atoms with Gasteiger partial charge in [-0.15, -0.1) is 6.42 Å². The van der Waals surface area contributed by atoms with Crippen molar-refractivity contribution in [2.45, 2.75) is 12.5 Å². The highest BCUT2D eigenvalue weighted by atomic mass is 16.5. The maximum Gasteiger partial charge on any atom is 0.227 e. The number of nitrogens with one attached hydrogen (secondary N) is 1. The Morgan fingerprint density at radius 3 is 2.90 bits per heavy atom. The Labute approximate surface area is 180 Å². The van der Waals surface area contributed by atoms with Gasteiger partial charge in [0.05, 0.1) is 24.9 Å². The predicted molar refractivity (Wildman–Crippen MR) is 119 cm³/mol. The van der Waals surface area contributed by atoms with Crippen LogP contribution in [-0.2, 0) is 11.8 Å². The molecule has 7 heteroatoms. The first-order valence-corrected chi connectivity index (χ1v) is 10.1. The van der Waals surface area contributed by atoms with Crippen LogP contribution in [0, 0.1) is 12.3 Å². The lowest BCUT2D eigenvalue weighted by Gasteiger charge is -2.15. The summed E-state index contributed by atoms with van der Waals surface area (Å²) in [5.74, 6) is 3.89. The Morgan fingerprint density at radius 1 is 1.19 bits per heavy atom. The van der Waals surface area contributed by atoms with Crippen LogP contribution in [-0.4, -0.2) is 39.1 Å². The highest BCUT2D eigenvalue weighted by molar-refractivity contribution is 5.81. The van der Waals surface area contributed by atoms with Crippen molar-refractivity contribution in [3.8, 4) is 29.2 Å². The van der Waals surface area contributed by atoms with Crippen LogP contribution in [0.5, 0.6) is 5.75 Å². The van der Waals surface area contributed by atoms with Gasteiger partial charge in [-0.3, -0.25) is 4.68 Å². The number of benzene rings is 2. The molecule has 0 spiro atoms. The van der Waals surface area contributed by atoms with E-state index in [0.717, 1.165) is 52.1 Å². The Bertz CT molecular complexity index is 1280. The molecule has 154 valence electrons. The van der Waals surface area contributed by atoms with E-state index in [0.29, 0.717) is 12.6 Å². The van der Waals surface area contributed by atoms with E-state index in [4.69, 9.17) is 15.9 Å². The monoisotopic (exact) mass is 411 g/mol. The number of nitrogens with zero attached hydrogens (tertiary/aromatic N) is 4. The van der Waals surface area contributed by atoms with E-state index in [9.17, 15) is 0 Å². The average Bonchev–Trinajstić information content (AvgIpc) is 3.45. The molecule has 1 aliphatic rings. The standard InChI is InChI=1S/C24H21N5O2/c1-3-16-4-5-23-18(8-16)12-25-24(28-23)27-20-9-17(19-13-26-29(2)14-19)10-22(11-20)31-21-6-7-30-15-21/h1,4-5,8-14,21H,6-7,15H2,2H3,(H,25,27,28). The second kappa shape index (κ2) is 8.09. The number of aromatic nitrogens is 4. The lowest BCUT2D eigenvalue weighted by atomic mass is 10.1. The molecule has 3 heterocycles. The number of anilines is 2. The molecule has 1 aliphatic heterocycles. The molecule has 7 nitrogen and oxygen atoms in total. The van der Waals surface area contributed by atoms with Gasteiger partial charge < -0.3 is 14.8 Å². The van der Waals surface area contributed by atoms with E-state index in [1.807, 2.05) is 55.8 Å². The smallest absolute Gasteiger partial charge is 0.227 e. The lowest BCUT2D eigenvalue weighted by molar-refractivity contribution is 0.141. The molecule has 0 saturated carbocycles. The molecule has 5 rings (SSSR count). The van der Waals surface area contributed by atoms with Crippen molar-refractivity contribution >= 4 is 22.5 Å². The van der Waals surface area contributed by atoms with Crippen LogP contribution in [0.1, 0.15) is 12.0 Å². The summed E-state index contributed by atoms with van der Waals surface area (Å²) in [5.41, 5.74) is 4.44. The minimum atomic E-state index is 0.0549. The Balaban J connectivity index is 1.48. The van der Waals surface area contributed by atoms with E-state index in [2.05, 4.69) is 26.3 Å². The Hall–Kier alpha value is -3.89. The summed E-state index contributed by atoms with van der Waals surface area (Å²) in [6, 6.07) is 11.7. The second-order valence-corrected chi connectivity index (χ2v) is 7.49. The normalized spacial score (nSPS) is 15.7. The van der Waals surface area contributed by atoms with Crippen molar-refractivity contribution < 1.29 is 9.47 Å².